The van der Waals surface area contributed by atoms with Crippen molar-refractivity contribution in [3.05, 3.63) is 55.7 Å². The highest BCUT2D eigenvalue weighted by atomic mass is 127. The molecule has 0 radical (unpaired) electrons. The average molecular weight is 564 g/mol. The molecule has 0 aliphatic carbocycles. The minimum Gasteiger partial charge on any atom is -0.494 e. The molecule has 2 rings (SSSR count). The Kier molecular flexibility index (Phi) is 8.73. The van der Waals surface area contributed by atoms with Gasteiger partial charge in [0.05, 0.1) is 11.5 Å². The van der Waals surface area contributed by atoms with E-state index in [1.807, 2.05) is 24.3 Å². The van der Waals surface area contributed by atoms with Gasteiger partial charge in [0.2, 0.25) is 0 Å². The predicted molar refractivity (Wildman–Crippen MR) is 96.6 cm³/mol. The van der Waals surface area contributed by atoms with Gasteiger partial charge in [-0.25, -0.2) is 4.21 Å². The molecule has 160 valence electrons. The topological polar surface area (TPSA) is 82.0 Å². The first kappa shape index (κ1) is 23.9. The van der Waals surface area contributed by atoms with Crippen molar-refractivity contribution in [3.63, 3.8) is 0 Å². The fourth-order valence-corrected chi connectivity index (χ4v) is 6.46. The van der Waals surface area contributed by atoms with Crippen molar-refractivity contribution in [2.45, 2.75) is 30.4 Å². The van der Waals surface area contributed by atoms with Crippen LogP contribution in [0, 0.1) is 7.14 Å². The monoisotopic (exact) mass is 564 g/mol. The molecule has 6 nitrogen and oxygen atoms in total. The lowest BCUT2D eigenvalue weighted by Crippen LogP contribution is -3.61. The summed E-state index contributed by atoms with van der Waals surface area (Å²) in [5.74, 6) is -3.15. The number of benzene rings is 2. The molecule has 0 heterocycles. The van der Waals surface area contributed by atoms with Gasteiger partial charge in [-0.1, -0.05) is 21.5 Å². The summed E-state index contributed by atoms with van der Waals surface area (Å²) in [5.41, 5.74) is 0. The summed E-state index contributed by atoms with van der Waals surface area (Å²) >= 11 is -0.634. The molecule has 0 fully saturated rings. The summed E-state index contributed by atoms with van der Waals surface area (Å²) in [5, 5.41) is 0. The van der Waals surface area contributed by atoms with Gasteiger partial charge in [-0.2, -0.15) is 17.2 Å². The highest BCUT2D eigenvalue weighted by Crippen LogP contribution is 2.19. The van der Waals surface area contributed by atoms with Crippen molar-refractivity contribution in [3.8, 4) is 5.75 Å². The normalized spacial score (nSPS) is 13.8. The average Bonchev–Trinajstić information content (AvgIpc) is 2.69. The summed E-state index contributed by atoms with van der Waals surface area (Å²) in [6.07, 6.45) is 2.02. The maximum atomic E-state index is 12.5. The molecule has 12 heteroatoms. The summed E-state index contributed by atoms with van der Waals surface area (Å²) in [7, 11) is -10.1. The van der Waals surface area contributed by atoms with E-state index in [4.69, 9.17) is 4.74 Å². The molecule has 0 saturated heterocycles. The zero-order chi connectivity index (χ0) is 21.5. The quantitative estimate of drug-likeness (QED) is 0.320. The van der Waals surface area contributed by atoms with Gasteiger partial charge < -0.3 is 4.74 Å². The summed E-state index contributed by atoms with van der Waals surface area (Å²) in [4.78, 5) is -0.490. The van der Waals surface area contributed by atoms with E-state index < -0.39 is 51.9 Å². The summed E-state index contributed by atoms with van der Waals surface area (Å²) in [6, 6.07) is 12.8. The molecular formula is C17H18F3INO5S2+. The van der Waals surface area contributed by atoms with Gasteiger partial charge in [-0.05, 0) is 59.5 Å². The second-order valence-corrected chi connectivity index (χ2v) is 12.2. The standard InChI is InChI=1S/C17H18F3INO5S2/c1-2-3-12-26-15-8-4-13(5-9-15)21-14-6-10-16(11-7-14)28(23,24)22-29(25,27-20)17(18)19/h4-11,17H,2-3,12H2,1H3/q+1. The molecule has 0 aliphatic heterocycles. The van der Waals surface area contributed by atoms with Crippen molar-refractivity contribution in [2.24, 2.45) is 3.77 Å². The molecule has 2 aromatic carbocycles. The van der Waals surface area contributed by atoms with E-state index in [-0.39, 0.29) is 0 Å². The van der Waals surface area contributed by atoms with Crippen molar-refractivity contribution in [1.29, 1.82) is 0 Å². The SMILES string of the molecule is CCCCOc1ccc([I+]c2ccc(S(=O)(=O)N=S(=O)(OF)C(F)F)cc2)cc1. The van der Waals surface area contributed by atoms with Gasteiger partial charge in [-0.3, -0.25) is 0 Å². The van der Waals surface area contributed by atoms with Gasteiger partial charge in [0.1, 0.15) is 5.75 Å². The molecule has 2 aromatic rings. The molecule has 0 spiro atoms. The molecule has 29 heavy (non-hydrogen) atoms. The van der Waals surface area contributed by atoms with Crippen LogP contribution in [0.1, 0.15) is 19.8 Å². The Morgan fingerprint density at radius 3 is 2.03 bits per heavy atom. The zero-order valence-electron chi connectivity index (χ0n) is 15.1. The fourth-order valence-electron chi connectivity index (χ4n) is 1.98. The van der Waals surface area contributed by atoms with E-state index in [2.05, 4.69) is 15.1 Å². The lowest BCUT2D eigenvalue weighted by atomic mass is 10.3. The first-order chi connectivity index (χ1) is 13.7. The molecule has 0 aromatic heterocycles. The predicted octanol–water partition coefficient (Wildman–Crippen LogP) is 1.19. The highest BCUT2D eigenvalue weighted by Gasteiger charge is 2.29. The number of rotatable bonds is 10. The van der Waals surface area contributed by atoms with E-state index in [0.29, 0.717) is 6.61 Å². The molecular weight excluding hydrogens is 546 g/mol. The fraction of sp³-hybridized carbons (Fsp3) is 0.294. The highest BCUT2D eigenvalue weighted by molar-refractivity contribution is 8.01. The van der Waals surface area contributed by atoms with Crippen LogP contribution in [0.15, 0.2) is 57.2 Å². The molecule has 0 amide bonds. The Labute approximate surface area is 178 Å². The van der Waals surface area contributed by atoms with Crippen LogP contribution >= 0.6 is 0 Å². The molecule has 0 N–H and O–H groups in total. The van der Waals surface area contributed by atoms with Gasteiger partial charge in [-0.15, -0.1) is 0 Å². The van der Waals surface area contributed by atoms with Gasteiger partial charge in [0.25, 0.3) is 20.0 Å². The van der Waals surface area contributed by atoms with E-state index in [0.717, 1.165) is 37.9 Å². The smallest absolute Gasteiger partial charge is 0.357 e. The van der Waals surface area contributed by atoms with Crippen molar-refractivity contribution < 1.29 is 56.3 Å². The van der Waals surface area contributed by atoms with Crippen LogP contribution in [0.25, 0.3) is 0 Å². The van der Waals surface area contributed by atoms with Crippen molar-refractivity contribution in [2.75, 3.05) is 6.61 Å². The molecule has 0 aliphatic rings. The van der Waals surface area contributed by atoms with Crippen LogP contribution in [0.3, 0.4) is 0 Å². The van der Waals surface area contributed by atoms with Crippen LogP contribution in [0.4, 0.5) is 13.3 Å². The Hall–Kier alpha value is -1.38. The minimum atomic E-state index is -5.29. The number of hydrogen-bond donors (Lipinski definition) is 0. The summed E-state index contributed by atoms with van der Waals surface area (Å²) < 4.78 is 85.1. The third-order valence-corrected chi connectivity index (χ3v) is 9.23. The maximum Gasteiger partial charge on any atom is 0.357 e. The molecule has 1 atom stereocenters. The second-order valence-electron chi connectivity index (χ2n) is 5.59. The number of unbranched alkanes of at least 4 members (excludes halogenated alkanes) is 1. The third-order valence-electron chi connectivity index (χ3n) is 3.43. The van der Waals surface area contributed by atoms with E-state index in [1.54, 1.807) is 0 Å². The van der Waals surface area contributed by atoms with Crippen LogP contribution < -0.4 is 25.9 Å². The number of sulfonamides is 1. The molecule has 1 unspecified atom stereocenters. The van der Waals surface area contributed by atoms with Gasteiger partial charge in [0.15, 0.2) is 7.14 Å². The second kappa shape index (κ2) is 10.6. The van der Waals surface area contributed by atoms with Crippen LogP contribution in [-0.4, -0.2) is 25.0 Å². The van der Waals surface area contributed by atoms with E-state index in [9.17, 15) is 25.9 Å². The van der Waals surface area contributed by atoms with Crippen LogP contribution in [-0.2, 0) is 24.4 Å². The van der Waals surface area contributed by atoms with E-state index >= 15 is 0 Å². The van der Waals surface area contributed by atoms with E-state index in [1.165, 1.54) is 12.1 Å². The Morgan fingerprint density at radius 2 is 1.55 bits per heavy atom. The number of alkyl halides is 2. The first-order valence-corrected chi connectivity index (χ1v) is 13.4. The molecule has 0 bridgehead atoms. The number of ether oxygens (including phenoxy) is 1. The van der Waals surface area contributed by atoms with Gasteiger partial charge in [0, 0.05) is 0 Å². The number of hydrogen-bond acceptors (Lipinski definition) is 5. The number of nitrogens with zero attached hydrogens (tertiary/aromatic N) is 1. The van der Waals surface area contributed by atoms with Crippen LogP contribution in [0.5, 0.6) is 5.75 Å². The minimum absolute atomic E-state index is 0.490. The lowest BCUT2D eigenvalue weighted by molar-refractivity contribution is -0.597. The Morgan fingerprint density at radius 1 is 1.00 bits per heavy atom. The summed E-state index contributed by atoms with van der Waals surface area (Å²) in [6.45, 7) is 2.73. The third kappa shape index (κ3) is 6.83. The largest absolute Gasteiger partial charge is 0.494 e. The lowest BCUT2D eigenvalue weighted by Gasteiger charge is -2.04. The first-order valence-electron chi connectivity index (χ1n) is 8.28. The van der Waals surface area contributed by atoms with Crippen molar-refractivity contribution in [1.82, 2.24) is 0 Å². The zero-order valence-corrected chi connectivity index (χ0v) is 18.9. The number of halogens is 4. The Balaban J connectivity index is 2.12. The molecule has 0 saturated carbocycles. The Bertz CT molecular complexity index is 1020. The van der Waals surface area contributed by atoms with Gasteiger partial charge >= 0.3 is 27.0 Å². The van der Waals surface area contributed by atoms with Crippen molar-refractivity contribution >= 4 is 20.0 Å². The maximum absolute atomic E-state index is 12.5. The van der Waals surface area contributed by atoms with Crippen LogP contribution in [0.2, 0.25) is 0 Å².